The number of aryl methyl sites for hydroxylation is 1. The summed E-state index contributed by atoms with van der Waals surface area (Å²) in [6.07, 6.45) is 0. The zero-order valence-electron chi connectivity index (χ0n) is 11.5. The van der Waals surface area contributed by atoms with Crippen molar-refractivity contribution in [1.82, 2.24) is 30.2 Å². The van der Waals surface area contributed by atoms with Crippen LogP contribution in [0.15, 0.2) is 17.0 Å². The van der Waals surface area contributed by atoms with E-state index in [-0.39, 0.29) is 5.78 Å². The molecule has 0 saturated carbocycles. The molecule has 0 spiro atoms. The van der Waals surface area contributed by atoms with Crippen LogP contribution in [-0.4, -0.2) is 36.0 Å². The van der Waals surface area contributed by atoms with Crippen LogP contribution in [-0.2, 0) is 12.8 Å². The number of carbonyl (C=O) groups is 1. The number of pyridine rings is 1. The minimum atomic E-state index is -0.0473. The molecule has 0 aliphatic rings. The number of hydrogen-bond acceptors (Lipinski definition) is 7. The number of nitrogens with two attached hydrogens (primary N) is 1. The third-order valence-corrected chi connectivity index (χ3v) is 4.05. The lowest BCUT2D eigenvalue weighted by molar-refractivity contribution is 0.101. The lowest BCUT2D eigenvalue weighted by atomic mass is 10.3. The highest BCUT2D eigenvalue weighted by Gasteiger charge is 2.12. The Morgan fingerprint density at radius 3 is 2.95 bits per heavy atom. The number of ketones is 1. The number of nitrogen functional groups attached to an aromatic ring is 1. The Morgan fingerprint density at radius 2 is 2.24 bits per heavy atom. The number of nitrogens with one attached hydrogen (secondary N) is 1. The van der Waals surface area contributed by atoms with Crippen LogP contribution in [0.5, 0.6) is 0 Å². The first kappa shape index (κ1) is 13.6. The molecule has 0 saturated heterocycles. The largest absolute Gasteiger partial charge is 0.384 e. The van der Waals surface area contributed by atoms with Crippen LogP contribution in [0.25, 0.3) is 11.2 Å². The van der Waals surface area contributed by atoms with Crippen molar-refractivity contribution in [2.24, 2.45) is 7.05 Å². The number of aromatic amines is 1. The number of carbonyl (C=O) groups excluding carboxylic acids is 1. The number of fused-ring (bicyclic) bond motifs is 1. The topological polar surface area (TPSA) is 115 Å². The summed E-state index contributed by atoms with van der Waals surface area (Å²) < 4.78 is 1.70. The molecule has 0 aliphatic carbocycles. The summed E-state index contributed by atoms with van der Waals surface area (Å²) >= 11 is 1.55. The van der Waals surface area contributed by atoms with E-state index in [0.717, 1.165) is 10.6 Å². The standard InChI is InChI=1S/C12H13N7OS/c1-6(20)8-3-7(19(2)17-8)5-21-9-4-10(13)14-12-11(9)15-18-16-12/h3-4H,5H2,1-2H3,(H3,13,14,15,16,18). The fourth-order valence-corrected chi connectivity index (χ4v) is 2.95. The summed E-state index contributed by atoms with van der Waals surface area (Å²) in [6, 6.07) is 3.55. The zero-order chi connectivity index (χ0) is 15.0. The summed E-state index contributed by atoms with van der Waals surface area (Å²) in [5.74, 6) is 0.990. The first-order chi connectivity index (χ1) is 10.0. The maximum Gasteiger partial charge on any atom is 0.204 e. The van der Waals surface area contributed by atoms with Crippen LogP contribution in [0.1, 0.15) is 23.1 Å². The van der Waals surface area contributed by atoms with Crippen molar-refractivity contribution in [3.05, 3.63) is 23.5 Å². The number of aromatic nitrogens is 6. The van der Waals surface area contributed by atoms with E-state index in [1.54, 1.807) is 28.6 Å². The van der Waals surface area contributed by atoms with E-state index >= 15 is 0 Å². The van der Waals surface area contributed by atoms with Gasteiger partial charge in [0.05, 0.1) is 0 Å². The van der Waals surface area contributed by atoms with Gasteiger partial charge >= 0.3 is 0 Å². The number of nitrogens with zero attached hydrogens (tertiary/aromatic N) is 5. The van der Waals surface area contributed by atoms with Gasteiger partial charge in [-0.15, -0.1) is 16.9 Å². The smallest absolute Gasteiger partial charge is 0.204 e. The van der Waals surface area contributed by atoms with Gasteiger partial charge in [-0.05, 0) is 12.1 Å². The average Bonchev–Trinajstić information content (AvgIpc) is 3.02. The lowest BCUT2D eigenvalue weighted by Gasteiger charge is -2.03. The molecule has 0 bridgehead atoms. The molecule has 0 unspecified atom stereocenters. The molecule has 9 heteroatoms. The van der Waals surface area contributed by atoms with E-state index in [4.69, 9.17) is 5.73 Å². The Bertz CT molecular complexity index is 822. The minimum Gasteiger partial charge on any atom is -0.384 e. The molecule has 3 aromatic rings. The van der Waals surface area contributed by atoms with Gasteiger partial charge in [0, 0.05) is 30.3 Å². The number of thioether (sulfide) groups is 1. The molecule has 8 nitrogen and oxygen atoms in total. The third kappa shape index (κ3) is 2.59. The van der Waals surface area contributed by atoms with Gasteiger partial charge < -0.3 is 5.73 Å². The predicted octanol–water partition coefficient (Wildman–Crippen LogP) is 1.16. The molecule has 0 radical (unpaired) electrons. The van der Waals surface area contributed by atoms with Gasteiger partial charge in [-0.3, -0.25) is 9.48 Å². The first-order valence-corrected chi connectivity index (χ1v) is 7.17. The van der Waals surface area contributed by atoms with Gasteiger partial charge in [-0.2, -0.15) is 15.4 Å². The Kier molecular flexibility index (Phi) is 3.34. The van der Waals surface area contributed by atoms with Crippen LogP contribution in [0.4, 0.5) is 5.82 Å². The van der Waals surface area contributed by atoms with Crippen molar-refractivity contribution in [2.75, 3.05) is 5.73 Å². The molecule has 3 aromatic heterocycles. The van der Waals surface area contributed by atoms with Gasteiger partial charge in [0.25, 0.3) is 0 Å². The van der Waals surface area contributed by atoms with Crippen molar-refractivity contribution >= 4 is 34.5 Å². The Balaban J connectivity index is 1.86. The molecule has 3 heterocycles. The molecule has 0 atom stereocenters. The maximum absolute atomic E-state index is 11.3. The summed E-state index contributed by atoms with van der Waals surface area (Å²) in [5.41, 5.74) is 8.34. The monoisotopic (exact) mass is 303 g/mol. The lowest BCUT2D eigenvalue weighted by Crippen LogP contribution is -1.98. The van der Waals surface area contributed by atoms with E-state index < -0.39 is 0 Å². The van der Waals surface area contributed by atoms with Crippen LogP contribution in [0.2, 0.25) is 0 Å². The highest BCUT2D eigenvalue weighted by Crippen LogP contribution is 2.29. The van der Waals surface area contributed by atoms with Crippen LogP contribution in [0.3, 0.4) is 0 Å². The molecular formula is C12H13N7OS. The van der Waals surface area contributed by atoms with Gasteiger partial charge in [-0.1, -0.05) is 0 Å². The Hall–Kier alpha value is -2.42. The molecule has 108 valence electrons. The van der Waals surface area contributed by atoms with Crippen LogP contribution >= 0.6 is 11.8 Å². The molecular weight excluding hydrogens is 290 g/mol. The summed E-state index contributed by atoms with van der Waals surface area (Å²) in [6.45, 7) is 1.50. The summed E-state index contributed by atoms with van der Waals surface area (Å²) in [4.78, 5) is 16.3. The quantitative estimate of drug-likeness (QED) is 0.549. The predicted molar refractivity (Wildman–Crippen MR) is 78.9 cm³/mol. The van der Waals surface area contributed by atoms with Crippen LogP contribution < -0.4 is 5.73 Å². The second-order valence-electron chi connectivity index (χ2n) is 4.53. The SMILES string of the molecule is CC(=O)c1cc(CSc2cc(N)nc3n[nH]nc23)n(C)n1. The third-order valence-electron chi connectivity index (χ3n) is 2.99. The van der Waals surface area contributed by atoms with Crippen molar-refractivity contribution in [3.63, 3.8) is 0 Å². The van der Waals surface area contributed by atoms with Gasteiger partial charge in [-0.25, -0.2) is 4.98 Å². The fraction of sp³-hybridized carbons (Fsp3) is 0.250. The summed E-state index contributed by atoms with van der Waals surface area (Å²) in [7, 11) is 1.81. The number of rotatable bonds is 4. The molecule has 3 rings (SSSR count). The average molecular weight is 303 g/mol. The van der Waals surface area contributed by atoms with E-state index in [1.165, 1.54) is 6.92 Å². The van der Waals surface area contributed by atoms with Crippen molar-refractivity contribution < 1.29 is 4.79 Å². The number of anilines is 1. The molecule has 0 amide bonds. The van der Waals surface area contributed by atoms with Crippen molar-refractivity contribution in [3.8, 4) is 0 Å². The number of Topliss-reactive ketones (excluding diaryl/α,β-unsaturated/α-hetero) is 1. The molecule has 21 heavy (non-hydrogen) atoms. The highest BCUT2D eigenvalue weighted by atomic mass is 32.2. The minimum absolute atomic E-state index is 0.0473. The van der Waals surface area contributed by atoms with Crippen LogP contribution in [0, 0.1) is 0 Å². The molecule has 0 aliphatic heterocycles. The van der Waals surface area contributed by atoms with E-state index in [1.807, 2.05) is 7.05 Å². The maximum atomic E-state index is 11.3. The highest BCUT2D eigenvalue weighted by molar-refractivity contribution is 7.98. The van der Waals surface area contributed by atoms with Crippen molar-refractivity contribution in [1.29, 1.82) is 0 Å². The molecule has 0 aromatic carbocycles. The summed E-state index contributed by atoms with van der Waals surface area (Å²) in [5, 5.41) is 14.7. The van der Waals surface area contributed by atoms with E-state index in [2.05, 4.69) is 25.5 Å². The fourth-order valence-electron chi connectivity index (χ4n) is 1.90. The first-order valence-electron chi connectivity index (χ1n) is 6.18. The van der Waals surface area contributed by atoms with E-state index in [9.17, 15) is 4.79 Å². The second kappa shape index (κ2) is 5.17. The van der Waals surface area contributed by atoms with Gasteiger partial charge in [0.2, 0.25) is 5.65 Å². The normalized spacial score (nSPS) is 11.1. The second-order valence-corrected chi connectivity index (χ2v) is 5.55. The van der Waals surface area contributed by atoms with Gasteiger partial charge in [0.15, 0.2) is 5.78 Å². The van der Waals surface area contributed by atoms with Gasteiger partial charge in [0.1, 0.15) is 17.0 Å². The Labute approximate surface area is 124 Å². The zero-order valence-corrected chi connectivity index (χ0v) is 12.3. The Morgan fingerprint density at radius 1 is 1.43 bits per heavy atom. The van der Waals surface area contributed by atoms with E-state index in [0.29, 0.717) is 28.4 Å². The number of hydrogen-bond donors (Lipinski definition) is 2. The molecule has 0 fully saturated rings. The van der Waals surface area contributed by atoms with Crippen molar-refractivity contribution in [2.45, 2.75) is 17.6 Å². The number of H-pyrrole nitrogens is 1. The molecule has 3 N–H and O–H groups in total.